The summed E-state index contributed by atoms with van der Waals surface area (Å²) in [6, 6.07) is 4.72. The first-order valence-corrected chi connectivity index (χ1v) is 11.3. The van der Waals surface area contributed by atoms with Gasteiger partial charge in [-0.1, -0.05) is 0 Å². The van der Waals surface area contributed by atoms with Crippen LogP contribution in [0.4, 0.5) is 0 Å². The maximum absolute atomic E-state index is 12.0. The highest BCUT2D eigenvalue weighted by Crippen LogP contribution is 2.34. The lowest BCUT2D eigenvalue weighted by Gasteiger charge is -2.44. The lowest BCUT2D eigenvalue weighted by molar-refractivity contribution is -0.288. The topological polar surface area (TPSA) is 174 Å². The van der Waals surface area contributed by atoms with Gasteiger partial charge in [-0.05, 0) is 18.2 Å². The van der Waals surface area contributed by atoms with Gasteiger partial charge >= 0.3 is 29.8 Å². The average molecular weight is 534 g/mol. The van der Waals surface area contributed by atoms with E-state index in [4.69, 9.17) is 37.9 Å². The third-order valence-corrected chi connectivity index (χ3v) is 5.18. The number of hydrogen-bond donors (Lipinski definition) is 1. The number of furan rings is 1. The maximum atomic E-state index is 12.0. The predicted octanol–water partition coefficient (Wildman–Crippen LogP) is 1.99. The van der Waals surface area contributed by atoms with Crippen LogP contribution in [0.5, 0.6) is 5.75 Å². The second kappa shape index (κ2) is 12.2. The Bertz CT molecular complexity index is 1240. The van der Waals surface area contributed by atoms with Gasteiger partial charge < -0.3 is 37.9 Å². The van der Waals surface area contributed by atoms with Crippen molar-refractivity contribution in [2.45, 2.75) is 58.4 Å². The minimum absolute atomic E-state index is 0.0610. The van der Waals surface area contributed by atoms with Crippen LogP contribution in [0.3, 0.4) is 0 Å². The molecule has 0 aliphatic carbocycles. The van der Waals surface area contributed by atoms with Crippen molar-refractivity contribution >= 4 is 46.9 Å². The first-order valence-electron chi connectivity index (χ1n) is 11.3. The normalized spacial score (nSPS) is 23.0. The van der Waals surface area contributed by atoms with Gasteiger partial charge in [-0.3, -0.25) is 19.2 Å². The molecule has 5 unspecified atom stereocenters. The summed E-state index contributed by atoms with van der Waals surface area (Å²) in [7, 11) is 0. The van der Waals surface area contributed by atoms with Crippen LogP contribution in [0.1, 0.15) is 33.3 Å². The second-order valence-electron chi connectivity index (χ2n) is 8.21. The molecular formula is C25H26O13. The van der Waals surface area contributed by atoms with Crippen molar-refractivity contribution in [2.24, 2.45) is 0 Å². The molecule has 1 fully saturated rings. The number of carbonyl (C=O) groups is 5. The fraction of sp³-hybridized carbons (Fsp3) is 0.400. The molecule has 1 aromatic heterocycles. The number of ether oxygens (including phenoxy) is 6. The highest BCUT2D eigenvalue weighted by atomic mass is 16.7. The van der Waals surface area contributed by atoms with Crippen molar-refractivity contribution in [3.8, 4) is 5.75 Å². The third kappa shape index (κ3) is 7.32. The predicted molar refractivity (Wildman–Crippen MR) is 125 cm³/mol. The molecule has 2 aromatic rings. The van der Waals surface area contributed by atoms with Crippen LogP contribution in [-0.2, 0) is 47.7 Å². The summed E-state index contributed by atoms with van der Waals surface area (Å²) >= 11 is 0. The Balaban J connectivity index is 2.08. The highest BCUT2D eigenvalue weighted by Gasteiger charge is 2.53. The van der Waals surface area contributed by atoms with Crippen LogP contribution in [0, 0.1) is 0 Å². The number of hydrogen-bond acceptors (Lipinski definition) is 12. The van der Waals surface area contributed by atoms with Crippen LogP contribution in [0.25, 0.3) is 17.0 Å². The van der Waals surface area contributed by atoms with E-state index in [2.05, 4.69) is 0 Å². The molecule has 0 saturated carbocycles. The lowest BCUT2D eigenvalue weighted by atomic mass is 9.98. The van der Waals surface area contributed by atoms with Gasteiger partial charge in [-0.25, -0.2) is 4.79 Å². The molecule has 204 valence electrons. The molecule has 1 aliphatic heterocycles. The van der Waals surface area contributed by atoms with E-state index in [0.717, 1.165) is 33.8 Å². The van der Waals surface area contributed by atoms with Crippen molar-refractivity contribution < 1.29 is 61.9 Å². The summed E-state index contributed by atoms with van der Waals surface area (Å²) in [6.45, 7) is 4.03. The number of benzene rings is 1. The molecule has 1 N–H and O–H groups in total. The van der Waals surface area contributed by atoms with E-state index in [1.54, 1.807) is 12.1 Å². The Labute approximate surface area is 216 Å². The molecule has 38 heavy (non-hydrogen) atoms. The van der Waals surface area contributed by atoms with Gasteiger partial charge in [0.1, 0.15) is 24.0 Å². The molecule has 13 heteroatoms. The van der Waals surface area contributed by atoms with Gasteiger partial charge in [-0.15, -0.1) is 0 Å². The number of fused-ring (bicyclic) bond motifs is 1. The first kappa shape index (κ1) is 28.2. The molecule has 0 radical (unpaired) electrons. The molecule has 1 aromatic carbocycles. The largest absolute Gasteiger partial charge is 0.478 e. The Morgan fingerprint density at radius 1 is 0.895 bits per heavy atom. The fourth-order valence-corrected chi connectivity index (χ4v) is 3.81. The SMILES string of the molecule is CC(=O)OCC1OC(Oc2cc3occc3cc2C=CC(=O)O)C(OC(C)=O)C(OC(C)=O)C1OC(C)=O. The van der Waals surface area contributed by atoms with Crippen LogP contribution >= 0.6 is 0 Å². The molecule has 0 spiro atoms. The Hall–Kier alpha value is -4.39. The van der Waals surface area contributed by atoms with Gasteiger partial charge in [0.05, 0.1) is 6.26 Å². The van der Waals surface area contributed by atoms with Crippen molar-refractivity contribution in [3.05, 3.63) is 36.1 Å². The summed E-state index contributed by atoms with van der Waals surface area (Å²) < 4.78 is 38.5. The smallest absolute Gasteiger partial charge is 0.328 e. The van der Waals surface area contributed by atoms with E-state index in [9.17, 15) is 24.0 Å². The van der Waals surface area contributed by atoms with Crippen molar-refractivity contribution in [1.82, 2.24) is 0 Å². The zero-order valence-corrected chi connectivity index (χ0v) is 20.9. The van der Waals surface area contributed by atoms with E-state index in [1.165, 1.54) is 18.4 Å². The van der Waals surface area contributed by atoms with Crippen LogP contribution < -0.4 is 4.74 Å². The van der Waals surface area contributed by atoms with Crippen molar-refractivity contribution in [3.63, 3.8) is 0 Å². The summed E-state index contributed by atoms with van der Waals surface area (Å²) in [6.07, 6.45) is -3.36. The molecule has 1 aliphatic rings. The van der Waals surface area contributed by atoms with Crippen molar-refractivity contribution in [1.29, 1.82) is 0 Å². The van der Waals surface area contributed by atoms with E-state index in [0.29, 0.717) is 16.5 Å². The summed E-state index contributed by atoms with van der Waals surface area (Å²) in [4.78, 5) is 58.5. The first-order chi connectivity index (χ1) is 17.9. The number of aliphatic carboxylic acids is 1. The van der Waals surface area contributed by atoms with Crippen molar-refractivity contribution in [2.75, 3.05) is 6.61 Å². The van der Waals surface area contributed by atoms with E-state index in [1.807, 2.05) is 0 Å². The molecule has 13 nitrogen and oxygen atoms in total. The number of carboxylic acid groups (broad SMARTS) is 1. The van der Waals surface area contributed by atoms with Gasteiger partial charge in [0.25, 0.3) is 0 Å². The van der Waals surface area contributed by atoms with Crippen LogP contribution in [0.2, 0.25) is 0 Å². The molecule has 2 heterocycles. The number of esters is 4. The average Bonchev–Trinajstić information content (AvgIpc) is 3.26. The van der Waals surface area contributed by atoms with Gasteiger partial charge in [0.15, 0.2) is 12.2 Å². The summed E-state index contributed by atoms with van der Waals surface area (Å²) in [5, 5.41) is 9.74. The van der Waals surface area contributed by atoms with Gasteiger partial charge in [-0.2, -0.15) is 0 Å². The Morgan fingerprint density at radius 3 is 2.13 bits per heavy atom. The highest BCUT2D eigenvalue weighted by molar-refractivity contribution is 5.89. The fourth-order valence-electron chi connectivity index (χ4n) is 3.81. The monoisotopic (exact) mass is 534 g/mol. The van der Waals surface area contributed by atoms with E-state index in [-0.39, 0.29) is 5.75 Å². The van der Waals surface area contributed by atoms with Gasteiger partial charge in [0.2, 0.25) is 12.4 Å². The number of carbonyl (C=O) groups excluding carboxylic acids is 4. The number of carboxylic acids is 1. The second-order valence-corrected chi connectivity index (χ2v) is 8.21. The standard InChI is InChI=1S/C25H26O13/c1-12(26)33-11-20-22(34-13(2)27)23(35-14(3)28)24(36-15(4)29)25(38-20)37-19-10-18-17(7-8-32-18)9-16(19)5-6-21(30)31/h5-10,20,22-25H,11H2,1-4H3,(H,30,31). The van der Waals surface area contributed by atoms with Gasteiger partial charge in [0, 0.05) is 50.8 Å². The molecular weight excluding hydrogens is 508 g/mol. The minimum Gasteiger partial charge on any atom is -0.478 e. The quantitative estimate of drug-likeness (QED) is 0.281. The molecule has 0 bridgehead atoms. The third-order valence-electron chi connectivity index (χ3n) is 5.18. The van der Waals surface area contributed by atoms with E-state index < -0.39 is 67.2 Å². The minimum atomic E-state index is -1.50. The summed E-state index contributed by atoms with van der Waals surface area (Å²) in [5.41, 5.74) is 0.687. The molecule has 3 rings (SSSR count). The molecule has 0 amide bonds. The zero-order chi connectivity index (χ0) is 28.0. The van der Waals surface area contributed by atoms with Crippen LogP contribution in [0.15, 0.2) is 35.0 Å². The number of rotatable bonds is 9. The molecule has 1 saturated heterocycles. The Kier molecular flexibility index (Phi) is 9.07. The zero-order valence-electron chi connectivity index (χ0n) is 20.9. The van der Waals surface area contributed by atoms with E-state index >= 15 is 0 Å². The molecule has 5 atom stereocenters. The Morgan fingerprint density at radius 2 is 1.53 bits per heavy atom. The van der Waals surface area contributed by atoms with Crippen LogP contribution in [-0.4, -0.2) is 72.3 Å². The lowest BCUT2D eigenvalue weighted by Crippen LogP contribution is -2.63. The maximum Gasteiger partial charge on any atom is 0.328 e. The summed E-state index contributed by atoms with van der Waals surface area (Å²) in [5.74, 6) is -4.17.